The lowest BCUT2D eigenvalue weighted by Crippen LogP contribution is -2.29. The molecule has 2 unspecified atom stereocenters. The summed E-state index contributed by atoms with van der Waals surface area (Å²) in [6, 6.07) is 3.25. The third-order valence-electron chi connectivity index (χ3n) is 4.64. The maximum absolute atomic E-state index is 2.76. The second-order valence-electron chi connectivity index (χ2n) is 6.03. The Labute approximate surface area is 107 Å². The van der Waals surface area contributed by atoms with Gasteiger partial charge in [0.15, 0.2) is 0 Å². The second kappa shape index (κ2) is 4.08. The molecule has 3 heterocycles. The number of likely N-dealkylation sites (tertiary alicyclic amines) is 2. The van der Waals surface area contributed by atoms with E-state index >= 15 is 0 Å². The van der Waals surface area contributed by atoms with Gasteiger partial charge < -0.3 is 0 Å². The van der Waals surface area contributed by atoms with Gasteiger partial charge in [0, 0.05) is 38.8 Å². The van der Waals surface area contributed by atoms with Crippen LogP contribution in [0.15, 0.2) is 16.8 Å². The molecule has 4 rings (SSSR count). The van der Waals surface area contributed by atoms with Gasteiger partial charge in [-0.15, -0.1) is 0 Å². The Morgan fingerprint density at radius 2 is 1.88 bits per heavy atom. The van der Waals surface area contributed by atoms with E-state index in [0.29, 0.717) is 0 Å². The highest BCUT2D eigenvalue weighted by Crippen LogP contribution is 2.38. The molecule has 17 heavy (non-hydrogen) atoms. The first-order valence-corrected chi connectivity index (χ1v) is 7.80. The van der Waals surface area contributed by atoms with Crippen molar-refractivity contribution < 1.29 is 0 Å². The summed E-state index contributed by atoms with van der Waals surface area (Å²) in [5.41, 5.74) is 1.51. The third kappa shape index (κ3) is 2.05. The fourth-order valence-corrected chi connectivity index (χ4v) is 4.29. The minimum atomic E-state index is 0.967. The van der Waals surface area contributed by atoms with Crippen molar-refractivity contribution in [2.75, 3.05) is 26.2 Å². The van der Waals surface area contributed by atoms with Gasteiger partial charge in [0.1, 0.15) is 0 Å². The van der Waals surface area contributed by atoms with Crippen molar-refractivity contribution in [2.45, 2.75) is 25.4 Å². The number of hydrogen-bond acceptors (Lipinski definition) is 3. The summed E-state index contributed by atoms with van der Waals surface area (Å²) < 4.78 is 0. The van der Waals surface area contributed by atoms with E-state index in [2.05, 4.69) is 26.6 Å². The highest BCUT2D eigenvalue weighted by molar-refractivity contribution is 7.07. The lowest BCUT2D eigenvalue weighted by molar-refractivity contribution is 0.245. The van der Waals surface area contributed by atoms with Crippen molar-refractivity contribution in [2.24, 2.45) is 11.8 Å². The van der Waals surface area contributed by atoms with Crippen LogP contribution in [0.25, 0.3) is 0 Å². The van der Waals surface area contributed by atoms with Crippen LogP contribution in [0.3, 0.4) is 0 Å². The van der Waals surface area contributed by atoms with Crippen molar-refractivity contribution >= 4 is 11.3 Å². The van der Waals surface area contributed by atoms with E-state index in [1.54, 1.807) is 0 Å². The van der Waals surface area contributed by atoms with Crippen LogP contribution in [0.1, 0.15) is 18.4 Å². The van der Waals surface area contributed by atoms with Gasteiger partial charge in [0.25, 0.3) is 0 Å². The predicted molar refractivity (Wildman–Crippen MR) is 71.2 cm³/mol. The third-order valence-corrected chi connectivity index (χ3v) is 5.37. The Bertz CT molecular complexity index is 371. The van der Waals surface area contributed by atoms with E-state index in [9.17, 15) is 0 Å². The number of nitrogens with zero attached hydrogens (tertiary/aromatic N) is 2. The Morgan fingerprint density at radius 3 is 2.47 bits per heavy atom. The van der Waals surface area contributed by atoms with Crippen LogP contribution in [0, 0.1) is 11.8 Å². The fourth-order valence-electron chi connectivity index (χ4n) is 3.63. The van der Waals surface area contributed by atoms with Gasteiger partial charge in [-0.2, -0.15) is 11.3 Å². The largest absolute Gasteiger partial charge is 0.300 e. The maximum Gasteiger partial charge on any atom is 0.0242 e. The van der Waals surface area contributed by atoms with Gasteiger partial charge in [-0.1, -0.05) is 0 Å². The van der Waals surface area contributed by atoms with Crippen LogP contribution in [-0.2, 0) is 6.54 Å². The molecule has 2 nitrogen and oxygen atoms in total. The molecule has 1 aliphatic carbocycles. The quantitative estimate of drug-likeness (QED) is 0.809. The van der Waals surface area contributed by atoms with Crippen LogP contribution in [0.2, 0.25) is 0 Å². The average molecular weight is 248 g/mol. The molecule has 0 amide bonds. The molecule has 2 saturated heterocycles. The molecule has 3 aliphatic rings. The standard InChI is InChI=1S/C14H20N2S/c1-2-14(1)16-8-12-6-15(7-13(12)9-16)5-11-3-4-17-10-11/h3-4,10,12-14H,1-2,5-9H2. The topological polar surface area (TPSA) is 6.48 Å². The summed E-state index contributed by atoms with van der Waals surface area (Å²) in [6.45, 7) is 6.62. The monoisotopic (exact) mass is 248 g/mol. The maximum atomic E-state index is 2.76. The molecular weight excluding hydrogens is 228 g/mol. The summed E-state index contributed by atoms with van der Waals surface area (Å²) in [7, 11) is 0. The van der Waals surface area contributed by atoms with Crippen LogP contribution >= 0.6 is 11.3 Å². The molecule has 0 spiro atoms. The molecule has 1 aromatic rings. The van der Waals surface area contributed by atoms with Crippen molar-refractivity contribution in [1.29, 1.82) is 0 Å². The van der Waals surface area contributed by atoms with Crippen molar-refractivity contribution in [3.63, 3.8) is 0 Å². The molecule has 0 radical (unpaired) electrons. The molecule has 2 aliphatic heterocycles. The number of fused-ring (bicyclic) bond motifs is 1. The normalized spacial score (nSPS) is 34.4. The lowest BCUT2D eigenvalue weighted by Gasteiger charge is -2.20. The van der Waals surface area contributed by atoms with Gasteiger partial charge in [-0.25, -0.2) is 0 Å². The van der Waals surface area contributed by atoms with Crippen LogP contribution in [-0.4, -0.2) is 42.0 Å². The van der Waals surface area contributed by atoms with E-state index in [0.717, 1.165) is 17.9 Å². The zero-order valence-corrected chi connectivity index (χ0v) is 11.0. The van der Waals surface area contributed by atoms with Gasteiger partial charge in [0.05, 0.1) is 0 Å². The summed E-state index contributed by atoms with van der Waals surface area (Å²) in [5.74, 6) is 1.93. The minimum Gasteiger partial charge on any atom is -0.300 e. The van der Waals surface area contributed by atoms with Gasteiger partial charge in [0.2, 0.25) is 0 Å². The Hall–Kier alpha value is -0.380. The Kier molecular flexibility index (Phi) is 2.53. The molecule has 0 N–H and O–H groups in total. The fraction of sp³-hybridized carbons (Fsp3) is 0.714. The molecule has 1 aromatic heterocycles. The molecule has 0 bridgehead atoms. The van der Waals surface area contributed by atoms with E-state index in [4.69, 9.17) is 0 Å². The molecule has 3 heteroatoms. The highest BCUT2D eigenvalue weighted by atomic mass is 32.1. The minimum absolute atomic E-state index is 0.967. The number of hydrogen-bond donors (Lipinski definition) is 0. The van der Waals surface area contributed by atoms with Crippen molar-refractivity contribution in [1.82, 2.24) is 9.80 Å². The van der Waals surface area contributed by atoms with Crippen LogP contribution in [0.5, 0.6) is 0 Å². The smallest absolute Gasteiger partial charge is 0.0242 e. The number of thiophene rings is 1. The van der Waals surface area contributed by atoms with E-state index in [-0.39, 0.29) is 0 Å². The molecular formula is C14H20N2S. The predicted octanol–water partition coefficient (Wildman–Crippen LogP) is 2.27. The first kappa shape index (κ1) is 10.5. The summed E-state index contributed by atoms with van der Waals surface area (Å²) >= 11 is 1.82. The zero-order valence-electron chi connectivity index (χ0n) is 10.2. The van der Waals surface area contributed by atoms with Crippen molar-refractivity contribution in [3.8, 4) is 0 Å². The SMILES string of the molecule is c1cc(CN2CC3CN(C4CC4)CC3C2)cs1. The molecule has 0 aromatic carbocycles. The van der Waals surface area contributed by atoms with Crippen molar-refractivity contribution in [3.05, 3.63) is 22.4 Å². The van der Waals surface area contributed by atoms with Gasteiger partial charge in [-0.05, 0) is 47.1 Å². The van der Waals surface area contributed by atoms with Crippen LogP contribution < -0.4 is 0 Å². The Balaban J connectivity index is 1.35. The number of rotatable bonds is 3. The van der Waals surface area contributed by atoms with E-state index in [1.165, 1.54) is 51.1 Å². The summed E-state index contributed by atoms with van der Waals surface area (Å²) in [6.07, 6.45) is 2.94. The summed E-state index contributed by atoms with van der Waals surface area (Å²) in [4.78, 5) is 5.43. The van der Waals surface area contributed by atoms with Gasteiger partial charge in [-0.3, -0.25) is 9.80 Å². The van der Waals surface area contributed by atoms with E-state index in [1.807, 2.05) is 11.3 Å². The van der Waals surface area contributed by atoms with Gasteiger partial charge >= 0.3 is 0 Å². The second-order valence-corrected chi connectivity index (χ2v) is 6.81. The first-order valence-electron chi connectivity index (χ1n) is 6.86. The lowest BCUT2D eigenvalue weighted by atomic mass is 10.0. The zero-order chi connectivity index (χ0) is 11.2. The molecule has 3 fully saturated rings. The first-order chi connectivity index (χ1) is 8.38. The molecule has 2 atom stereocenters. The van der Waals surface area contributed by atoms with Crippen LogP contribution in [0.4, 0.5) is 0 Å². The molecule has 1 saturated carbocycles. The van der Waals surface area contributed by atoms with E-state index < -0.39 is 0 Å². The Morgan fingerprint density at radius 1 is 1.12 bits per heavy atom. The average Bonchev–Trinajstić information content (AvgIpc) is 2.72. The summed E-state index contributed by atoms with van der Waals surface area (Å²) in [5, 5.41) is 4.49. The highest BCUT2D eigenvalue weighted by Gasteiger charge is 2.43. The molecule has 92 valence electrons.